The van der Waals surface area contributed by atoms with E-state index in [1.165, 1.54) is 24.3 Å². The van der Waals surface area contributed by atoms with Gasteiger partial charge in [0.2, 0.25) is 5.91 Å². The Morgan fingerprint density at radius 3 is 2.22 bits per heavy atom. The number of ketones is 1. The maximum atomic E-state index is 12.9. The Kier molecular flexibility index (Phi) is 6.08. The number of halogens is 1. The first-order chi connectivity index (χ1) is 15.3. The van der Waals surface area contributed by atoms with Crippen LogP contribution in [0.2, 0.25) is 5.02 Å². The predicted molar refractivity (Wildman–Crippen MR) is 126 cm³/mol. The molecule has 0 aromatic heterocycles. The van der Waals surface area contributed by atoms with Gasteiger partial charge in [0, 0.05) is 16.1 Å². The zero-order valence-electron chi connectivity index (χ0n) is 16.8. The Bertz CT molecular complexity index is 1430. The normalized spacial score (nSPS) is 11.3. The largest absolute Gasteiger partial charge is 0.325 e. The number of carbonyl (C=O) groups is 2. The van der Waals surface area contributed by atoms with Gasteiger partial charge in [-0.1, -0.05) is 72.3 Å². The summed E-state index contributed by atoms with van der Waals surface area (Å²) in [5.41, 5.74) is 0.802. The van der Waals surface area contributed by atoms with E-state index in [1.54, 1.807) is 42.5 Å². The molecule has 1 N–H and O–H groups in total. The lowest BCUT2D eigenvalue weighted by Gasteiger charge is -2.12. The van der Waals surface area contributed by atoms with E-state index < -0.39 is 21.5 Å². The molecular weight excluding hydrogens is 446 g/mol. The van der Waals surface area contributed by atoms with Crippen LogP contribution in [0.25, 0.3) is 10.8 Å². The second kappa shape index (κ2) is 8.94. The third-order valence-corrected chi connectivity index (χ3v) is 6.79. The fraction of sp³-hybridized carbons (Fsp3) is 0.0400. The Morgan fingerprint density at radius 1 is 0.781 bits per heavy atom. The molecule has 0 saturated heterocycles. The number of fused-ring (bicyclic) bond motifs is 1. The zero-order chi connectivity index (χ0) is 22.7. The summed E-state index contributed by atoms with van der Waals surface area (Å²) in [4.78, 5) is 25.6. The lowest BCUT2D eigenvalue weighted by Crippen LogP contribution is -2.24. The van der Waals surface area contributed by atoms with Crippen LogP contribution >= 0.6 is 11.6 Å². The van der Waals surface area contributed by atoms with Crippen molar-refractivity contribution in [3.63, 3.8) is 0 Å². The molecule has 7 heteroatoms. The minimum absolute atomic E-state index is 0.0584. The quantitative estimate of drug-likeness (QED) is 0.401. The molecule has 4 rings (SSSR count). The predicted octanol–water partition coefficient (Wildman–Crippen LogP) is 5.14. The minimum atomic E-state index is -3.89. The molecule has 0 radical (unpaired) electrons. The number of anilines is 1. The summed E-state index contributed by atoms with van der Waals surface area (Å²) in [6.07, 6.45) is 0. The number of amides is 1. The van der Waals surface area contributed by atoms with Crippen molar-refractivity contribution in [3.8, 4) is 0 Å². The Labute approximate surface area is 190 Å². The fourth-order valence-electron chi connectivity index (χ4n) is 3.36. The van der Waals surface area contributed by atoms with Gasteiger partial charge in [-0.25, -0.2) is 8.42 Å². The molecule has 0 fully saturated rings. The Morgan fingerprint density at radius 2 is 1.47 bits per heavy atom. The number of hydrogen-bond donors (Lipinski definition) is 1. The van der Waals surface area contributed by atoms with Crippen LogP contribution < -0.4 is 5.32 Å². The fourth-order valence-corrected chi connectivity index (χ4v) is 4.70. The molecular formula is C25H18ClNO4S. The van der Waals surface area contributed by atoms with Crippen LogP contribution in [0, 0.1) is 0 Å². The number of benzene rings is 4. The highest BCUT2D eigenvalue weighted by atomic mass is 35.5. The van der Waals surface area contributed by atoms with Crippen molar-refractivity contribution in [1.29, 1.82) is 0 Å². The third-order valence-electron chi connectivity index (χ3n) is 4.94. The highest BCUT2D eigenvalue weighted by Crippen LogP contribution is 2.25. The molecule has 0 aliphatic heterocycles. The van der Waals surface area contributed by atoms with Crippen molar-refractivity contribution in [3.05, 3.63) is 107 Å². The first-order valence-corrected chi connectivity index (χ1v) is 11.8. The number of rotatable bonds is 6. The average molecular weight is 464 g/mol. The summed E-state index contributed by atoms with van der Waals surface area (Å²) in [7, 11) is -3.89. The smallest absolute Gasteiger partial charge is 0.239 e. The van der Waals surface area contributed by atoms with E-state index >= 15 is 0 Å². The number of carbonyl (C=O) groups excluding carboxylic acids is 2. The zero-order valence-corrected chi connectivity index (χ0v) is 18.4. The summed E-state index contributed by atoms with van der Waals surface area (Å²) in [6, 6.07) is 25.1. The molecule has 0 atom stereocenters. The molecule has 0 spiro atoms. The van der Waals surface area contributed by atoms with Gasteiger partial charge in [0.25, 0.3) is 0 Å². The summed E-state index contributed by atoms with van der Waals surface area (Å²) in [6.45, 7) is 0. The molecule has 0 saturated carbocycles. The van der Waals surface area contributed by atoms with E-state index in [0.29, 0.717) is 10.6 Å². The van der Waals surface area contributed by atoms with Crippen LogP contribution in [0.3, 0.4) is 0 Å². The average Bonchev–Trinajstić information content (AvgIpc) is 2.79. The highest BCUT2D eigenvalue weighted by Gasteiger charge is 2.22. The van der Waals surface area contributed by atoms with Gasteiger partial charge in [-0.3, -0.25) is 9.59 Å². The molecule has 4 aromatic carbocycles. The molecule has 5 nitrogen and oxygen atoms in total. The summed E-state index contributed by atoms with van der Waals surface area (Å²) in [5, 5.41) is 4.55. The van der Waals surface area contributed by atoms with E-state index in [2.05, 4.69) is 5.32 Å². The monoisotopic (exact) mass is 463 g/mol. The van der Waals surface area contributed by atoms with Gasteiger partial charge in [0.1, 0.15) is 5.75 Å². The maximum absolute atomic E-state index is 12.9. The molecule has 0 aliphatic rings. The lowest BCUT2D eigenvalue weighted by molar-refractivity contribution is -0.113. The second-order valence-electron chi connectivity index (χ2n) is 7.20. The van der Waals surface area contributed by atoms with Gasteiger partial charge in [-0.05, 0) is 41.1 Å². The maximum Gasteiger partial charge on any atom is 0.239 e. The minimum Gasteiger partial charge on any atom is -0.325 e. The van der Waals surface area contributed by atoms with Gasteiger partial charge in [0.05, 0.1) is 10.6 Å². The Hall–Kier alpha value is -3.48. The topological polar surface area (TPSA) is 80.3 Å². The van der Waals surface area contributed by atoms with Crippen molar-refractivity contribution < 1.29 is 18.0 Å². The van der Waals surface area contributed by atoms with Crippen LogP contribution in [-0.2, 0) is 14.6 Å². The lowest BCUT2D eigenvalue weighted by atomic mass is 10.0. The van der Waals surface area contributed by atoms with Gasteiger partial charge in [-0.2, -0.15) is 0 Å². The summed E-state index contributed by atoms with van der Waals surface area (Å²) >= 11 is 6.06. The second-order valence-corrected chi connectivity index (χ2v) is 9.63. The van der Waals surface area contributed by atoms with Crippen molar-refractivity contribution in [2.24, 2.45) is 0 Å². The molecule has 1 amide bonds. The number of hydrogen-bond acceptors (Lipinski definition) is 4. The molecule has 0 aliphatic carbocycles. The van der Waals surface area contributed by atoms with E-state index in [0.717, 1.165) is 10.8 Å². The number of sulfone groups is 1. The van der Waals surface area contributed by atoms with Crippen molar-refractivity contribution >= 4 is 49.6 Å². The standard InChI is InChI=1S/C25H18ClNO4S/c26-20-11-13-23(22(15-20)25(29)18-7-2-1-3-8-18)27-24(28)16-32(30,31)21-12-10-17-6-4-5-9-19(17)14-21/h1-15H,16H2,(H,27,28). The molecule has 160 valence electrons. The van der Waals surface area contributed by atoms with E-state index in [4.69, 9.17) is 11.6 Å². The van der Waals surface area contributed by atoms with Crippen molar-refractivity contribution in [2.45, 2.75) is 4.90 Å². The first kappa shape index (κ1) is 21.7. The van der Waals surface area contributed by atoms with E-state index in [9.17, 15) is 18.0 Å². The van der Waals surface area contributed by atoms with Crippen LogP contribution in [0.1, 0.15) is 15.9 Å². The van der Waals surface area contributed by atoms with Crippen LogP contribution in [0.15, 0.2) is 95.9 Å². The molecule has 32 heavy (non-hydrogen) atoms. The third kappa shape index (κ3) is 4.72. The van der Waals surface area contributed by atoms with E-state index in [1.807, 2.05) is 24.3 Å². The van der Waals surface area contributed by atoms with Gasteiger partial charge in [-0.15, -0.1) is 0 Å². The number of nitrogens with one attached hydrogen (secondary N) is 1. The van der Waals surface area contributed by atoms with Crippen molar-refractivity contribution in [1.82, 2.24) is 0 Å². The van der Waals surface area contributed by atoms with E-state index in [-0.39, 0.29) is 21.9 Å². The molecule has 0 unspecified atom stereocenters. The SMILES string of the molecule is O=C(CS(=O)(=O)c1ccc2ccccc2c1)Nc1ccc(Cl)cc1C(=O)c1ccccc1. The van der Waals surface area contributed by atoms with Gasteiger partial charge in [0.15, 0.2) is 15.6 Å². The highest BCUT2D eigenvalue weighted by molar-refractivity contribution is 7.92. The molecule has 4 aromatic rings. The van der Waals surface area contributed by atoms with Gasteiger partial charge >= 0.3 is 0 Å². The molecule has 0 bridgehead atoms. The van der Waals surface area contributed by atoms with Gasteiger partial charge < -0.3 is 5.32 Å². The summed E-state index contributed by atoms with van der Waals surface area (Å²) in [5.74, 6) is -1.84. The van der Waals surface area contributed by atoms with Crippen molar-refractivity contribution in [2.75, 3.05) is 11.1 Å². The molecule has 0 heterocycles. The Balaban J connectivity index is 1.58. The van der Waals surface area contributed by atoms with Crippen LogP contribution in [-0.4, -0.2) is 25.9 Å². The van der Waals surface area contributed by atoms with Crippen LogP contribution in [0.4, 0.5) is 5.69 Å². The van der Waals surface area contributed by atoms with Crippen LogP contribution in [0.5, 0.6) is 0 Å². The first-order valence-electron chi connectivity index (χ1n) is 9.74. The summed E-state index contributed by atoms with van der Waals surface area (Å²) < 4.78 is 25.6.